The molecule has 3 aromatic heterocycles. The summed E-state index contributed by atoms with van der Waals surface area (Å²) in [4.78, 5) is 0. The van der Waals surface area contributed by atoms with Crippen molar-refractivity contribution >= 4 is 129 Å². The van der Waals surface area contributed by atoms with E-state index in [1.54, 1.807) is 129 Å². The Morgan fingerprint density at radius 1 is 0.194 bits per heavy atom. The SMILES string of the molecule is CCCCCCc1cc2c(c(CCCCCC)c1CCCCCC)c1sccc1c1c3c4cc(CCCCCC)c(CCCCCC)c(CCCCCC)c4c4sccc4c3c3c4cc(CCCCCC)c(CCCCCC)c(CCCCCC)c4c4sccc4c3c21. The van der Waals surface area contributed by atoms with Gasteiger partial charge in [0.15, 0.2) is 0 Å². The minimum Gasteiger partial charge on any atom is -0.143 e. The molecule has 504 valence electrons. The second kappa shape index (κ2) is 37.1. The van der Waals surface area contributed by atoms with Crippen molar-refractivity contribution in [1.29, 1.82) is 0 Å². The molecule has 3 heteroatoms. The van der Waals surface area contributed by atoms with Crippen molar-refractivity contribution in [1.82, 2.24) is 0 Å². The molecular formula is C90H126S3. The molecule has 0 fully saturated rings. The molecule has 0 spiro atoms. The first-order valence-corrected chi connectivity index (χ1v) is 42.6. The standard InChI is InChI=1S/C90H126S3/c1-10-19-28-37-46-64-61-76-79(70(52-43-34-25-16-7)67(64)49-40-31-22-13-4)88-73(55-58-91-88)82-85(76)83-74-56-59-92-89(74)80-71(53-44-35-26-17-8)68(50-41-32-23-14-5)65(47-38-29-20-11-2)62-77(80)87(83)84-75-57-60-93-90(75)81-72(54-45-36-27-18-9)69(51-42-33-24-15-6)66(48-39-30-21-12-3)63-78(81)86(82)84/h55-63H,10-54H2,1-9H3. The van der Waals surface area contributed by atoms with Gasteiger partial charge in [0.05, 0.1) is 0 Å². The van der Waals surface area contributed by atoms with Gasteiger partial charge in [0.1, 0.15) is 0 Å². The lowest BCUT2D eigenvalue weighted by Crippen LogP contribution is -2.06. The number of benzene rings is 7. The number of unbranched alkanes of at least 4 members (excludes halogenated alkanes) is 27. The molecule has 0 aliphatic carbocycles. The van der Waals surface area contributed by atoms with Gasteiger partial charge in [-0.25, -0.2) is 0 Å². The molecule has 10 aromatic rings. The Bertz CT molecular complexity index is 3540. The highest BCUT2D eigenvalue weighted by Gasteiger charge is 2.30. The van der Waals surface area contributed by atoms with E-state index >= 15 is 0 Å². The predicted octanol–water partition coefficient (Wildman–Crippen LogP) is 31.4. The zero-order valence-electron chi connectivity index (χ0n) is 60.7. The maximum absolute atomic E-state index is 2.91. The molecule has 0 saturated heterocycles. The summed E-state index contributed by atoms with van der Waals surface area (Å²) in [6.45, 7) is 21.6. The molecule has 0 bridgehead atoms. The van der Waals surface area contributed by atoms with E-state index in [4.69, 9.17) is 0 Å². The predicted molar refractivity (Wildman–Crippen MR) is 428 cm³/mol. The molecule has 0 radical (unpaired) electrons. The van der Waals surface area contributed by atoms with Crippen LogP contribution in [-0.2, 0) is 57.8 Å². The first-order valence-electron chi connectivity index (χ1n) is 40.0. The highest BCUT2D eigenvalue weighted by Crippen LogP contribution is 2.57. The molecule has 0 unspecified atom stereocenters. The van der Waals surface area contributed by atoms with Gasteiger partial charge in [-0.05, 0) is 232 Å². The summed E-state index contributed by atoms with van der Waals surface area (Å²) in [6, 6.07) is 16.7. The number of hydrogen-bond acceptors (Lipinski definition) is 3. The first-order chi connectivity index (χ1) is 45.9. The highest BCUT2D eigenvalue weighted by atomic mass is 32.1. The molecule has 0 amide bonds. The van der Waals surface area contributed by atoms with Crippen LogP contribution in [0.15, 0.2) is 52.5 Å². The van der Waals surface area contributed by atoms with Crippen molar-refractivity contribution in [2.24, 2.45) is 0 Å². The van der Waals surface area contributed by atoms with Gasteiger partial charge >= 0.3 is 0 Å². The maximum Gasteiger partial charge on any atom is 0.0430 e. The Kier molecular flexibility index (Phi) is 28.6. The molecule has 10 rings (SSSR count). The summed E-state index contributed by atoms with van der Waals surface area (Å²) in [5.41, 5.74) is 15.5. The van der Waals surface area contributed by atoms with E-state index in [9.17, 15) is 0 Å². The van der Waals surface area contributed by atoms with Crippen LogP contribution < -0.4 is 0 Å². The van der Waals surface area contributed by atoms with E-state index in [1.807, 2.05) is 0 Å². The number of thiophene rings is 3. The van der Waals surface area contributed by atoms with Crippen molar-refractivity contribution in [2.45, 2.75) is 351 Å². The smallest absolute Gasteiger partial charge is 0.0430 e. The van der Waals surface area contributed by atoms with Crippen LogP contribution in [0.5, 0.6) is 0 Å². The van der Waals surface area contributed by atoms with Gasteiger partial charge in [0, 0.05) is 62.6 Å². The summed E-state index contributed by atoms with van der Waals surface area (Å²) in [5.74, 6) is 0. The Morgan fingerprint density at radius 3 is 0.602 bits per heavy atom. The van der Waals surface area contributed by atoms with Crippen LogP contribution in [0.25, 0.3) is 94.9 Å². The second-order valence-electron chi connectivity index (χ2n) is 29.3. The highest BCUT2D eigenvalue weighted by molar-refractivity contribution is 7.19. The van der Waals surface area contributed by atoms with Crippen LogP contribution in [-0.4, -0.2) is 0 Å². The number of hydrogen-bond donors (Lipinski definition) is 0. The minimum absolute atomic E-state index is 1.19. The molecule has 93 heavy (non-hydrogen) atoms. The Balaban J connectivity index is 1.50. The molecule has 3 heterocycles. The average molecular weight is 1300 g/mol. The largest absolute Gasteiger partial charge is 0.143 e. The fraction of sp³-hybridized carbons (Fsp3) is 0.600. The zero-order chi connectivity index (χ0) is 64.9. The molecular weight excluding hydrogens is 1180 g/mol. The van der Waals surface area contributed by atoms with Gasteiger partial charge in [-0.2, -0.15) is 0 Å². The van der Waals surface area contributed by atoms with Crippen LogP contribution >= 0.6 is 34.0 Å². The van der Waals surface area contributed by atoms with Crippen LogP contribution in [0.3, 0.4) is 0 Å². The normalized spacial score (nSPS) is 12.4. The van der Waals surface area contributed by atoms with Crippen LogP contribution in [0.2, 0.25) is 0 Å². The molecule has 0 nitrogen and oxygen atoms in total. The first kappa shape index (κ1) is 71.7. The van der Waals surface area contributed by atoms with Crippen LogP contribution in [0.4, 0.5) is 0 Å². The van der Waals surface area contributed by atoms with Crippen molar-refractivity contribution in [3.8, 4) is 0 Å². The fourth-order valence-electron chi connectivity index (χ4n) is 17.4. The lowest BCUT2D eigenvalue weighted by Gasteiger charge is -2.26. The van der Waals surface area contributed by atoms with Crippen LogP contribution in [0.1, 0.15) is 344 Å². The van der Waals surface area contributed by atoms with Gasteiger partial charge in [-0.1, -0.05) is 254 Å². The summed E-state index contributed by atoms with van der Waals surface area (Å²) in [6.07, 6.45) is 57.8. The third-order valence-corrected chi connectivity index (χ3v) is 25.1. The maximum atomic E-state index is 2.91. The van der Waals surface area contributed by atoms with E-state index < -0.39 is 0 Å². The number of aryl methyl sites for hydroxylation is 6. The van der Waals surface area contributed by atoms with Gasteiger partial charge in [-0.3, -0.25) is 0 Å². The summed E-state index contributed by atoms with van der Waals surface area (Å²) in [5, 5.41) is 31.4. The summed E-state index contributed by atoms with van der Waals surface area (Å²) in [7, 11) is 0. The van der Waals surface area contributed by atoms with E-state index in [1.165, 1.54) is 305 Å². The quantitative estimate of drug-likeness (QED) is 0.0264. The van der Waals surface area contributed by atoms with E-state index in [2.05, 4.69) is 149 Å². The molecule has 0 N–H and O–H groups in total. The van der Waals surface area contributed by atoms with Crippen molar-refractivity contribution in [3.63, 3.8) is 0 Å². The fourth-order valence-corrected chi connectivity index (χ4v) is 20.4. The molecule has 0 aliphatic rings. The zero-order valence-corrected chi connectivity index (χ0v) is 63.2. The Labute approximate surface area is 578 Å². The van der Waals surface area contributed by atoms with E-state index in [-0.39, 0.29) is 0 Å². The van der Waals surface area contributed by atoms with Gasteiger partial charge in [0.25, 0.3) is 0 Å². The van der Waals surface area contributed by atoms with Crippen molar-refractivity contribution in [3.05, 3.63) is 103 Å². The van der Waals surface area contributed by atoms with Gasteiger partial charge in [0.2, 0.25) is 0 Å². The topological polar surface area (TPSA) is 0 Å². The van der Waals surface area contributed by atoms with E-state index in [0.29, 0.717) is 0 Å². The molecule has 0 atom stereocenters. The van der Waals surface area contributed by atoms with Crippen molar-refractivity contribution < 1.29 is 0 Å². The minimum atomic E-state index is 1.19. The lowest BCUT2D eigenvalue weighted by molar-refractivity contribution is 0.641. The van der Waals surface area contributed by atoms with Crippen molar-refractivity contribution in [2.75, 3.05) is 0 Å². The monoisotopic (exact) mass is 1300 g/mol. The van der Waals surface area contributed by atoms with Gasteiger partial charge < -0.3 is 0 Å². The summed E-state index contributed by atoms with van der Waals surface area (Å²) < 4.78 is 4.71. The van der Waals surface area contributed by atoms with Crippen LogP contribution in [0, 0.1) is 0 Å². The average Bonchev–Trinajstić information content (AvgIpc) is 1.67. The van der Waals surface area contributed by atoms with Gasteiger partial charge in [-0.15, -0.1) is 34.0 Å². The Hall–Kier alpha value is -4.02. The number of fused-ring (bicyclic) bond motifs is 21. The molecule has 0 saturated carbocycles. The van der Waals surface area contributed by atoms with E-state index in [0.717, 1.165) is 0 Å². The Morgan fingerprint density at radius 2 is 0.387 bits per heavy atom. The molecule has 7 aromatic carbocycles. The lowest BCUT2D eigenvalue weighted by atomic mass is 9.78. The molecule has 0 aliphatic heterocycles. The second-order valence-corrected chi connectivity index (χ2v) is 32.0. The third-order valence-electron chi connectivity index (χ3n) is 22.3. The number of rotatable bonds is 45. The summed E-state index contributed by atoms with van der Waals surface area (Å²) >= 11 is 6.26. The third kappa shape index (κ3) is 16.3.